The highest BCUT2D eigenvalue weighted by atomic mass is 79.9. The van der Waals surface area contributed by atoms with Gasteiger partial charge in [0.25, 0.3) is 5.91 Å². The minimum atomic E-state index is -0.664. The van der Waals surface area contributed by atoms with Crippen LogP contribution in [-0.2, 0) is 0 Å². The zero-order valence-electron chi connectivity index (χ0n) is 11.0. The molecular weight excluding hydrogens is 364 g/mol. The molecule has 0 saturated carbocycles. The van der Waals surface area contributed by atoms with Gasteiger partial charge in [0.2, 0.25) is 0 Å². The van der Waals surface area contributed by atoms with Crippen LogP contribution in [0.4, 0.5) is 8.78 Å². The van der Waals surface area contributed by atoms with Crippen molar-refractivity contribution >= 4 is 33.4 Å². The lowest BCUT2D eigenvalue weighted by Crippen LogP contribution is -2.27. The molecule has 0 bridgehead atoms. The molecule has 0 aliphatic carbocycles. The number of benzene rings is 2. The van der Waals surface area contributed by atoms with Gasteiger partial charge in [0.1, 0.15) is 11.6 Å². The molecule has 1 unspecified atom stereocenters. The van der Waals surface area contributed by atoms with Crippen molar-refractivity contribution in [3.05, 3.63) is 68.7 Å². The fourth-order valence-corrected chi connectivity index (χ4v) is 2.34. The van der Waals surface area contributed by atoms with E-state index in [1.165, 1.54) is 0 Å². The van der Waals surface area contributed by atoms with Crippen molar-refractivity contribution in [2.24, 2.45) is 0 Å². The highest BCUT2D eigenvalue weighted by molar-refractivity contribution is 9.10. The van der Waals surface area contributed by atoms with Crippen LogP contribution in [0.1, 0.15) is 28.9 Å². The van der Waals surface area contributed by atoms with Gasteiger partial charge in [-0.3, -0.25) is 4.79 Å². The molecule has 0 aliphatic heterocycles. The van der Waals surface area contributed by atoms with Gasteiger partial charge in [0.05, 0.1) is 11.1 Å². The summed E-state index contributed by atoms with van der Waals surface area (Å²) in [6.07, 6.45) is 0. The molecule has 0 spiro atoms. The molecule has 0 heterocycles. The molecule has 21 heavy (non-hydrogen) atoms. The average Bonchev–Trinajstić information content (AvgIpc) is 2.44. The first kappa shape index (κ1) is 15.9. The molecule has 0 aromatic heterocycles. The summed E-state index contributed by atoms with van der Waals surface area (Å²) < 4.78 is 27.4. The van der Waals surface area contributed by atoms with E-state index in [9.17, 15) is 13.6 Å². The maximum atomic E-state index is 13.6. The van der Waals surface area contributed by atoms with Gasteiger partial charge >= 0.3 is 0 Å². The first-order valence-corrected chi connectivity index (χ1v) is 7.26. The van der Waals surface area contributed by atoms with E-state index in [4.69, 9.17) is 11.6 Å². The van der Waals surface area contributed by atoms with Gasteiger partial charge in [-0.05, 0) is 59.3 Å². The number of rotatable bonds is 3. The first-order valence-electron chi connectivity index (χ1n) is 6.09. The lowest BCUT2D eigenvalue weighted by atomic mass is 10.1. The van der Waals surface area contributed by atoms with E-state index in [1.807, 2.05) is 0 Å². The predicted molar refractivity (Wildman–Crippen MR) is 81.4 cm³/mol. The van der Waals surface area contributed by atoms with Crippen LogP contribution in [0.15, 0.2) is 40.9 Å². The standard InChI is InChI=1S/C15H11BrClF2NO/c1-8(11-7-10(18)3-5-14(11)19)20-15(21)9-2-4-13(17)12(16)6-9/h2-8H,1H3,(H,20,21). The Morgan fingerprint density at radius 2 is 1.95 bits per heavy atom. The minimum Gasteiger partial charge on any atom is -0.345 e. The summed E-state index contributed by atoms with van der Waals surface area (Å²) in [6, 6.07) is 7.16. The zero-order valence-corrected chi connectivity index (χ0v) is 13.3. The summed E-state index contributed by atoms with van der Waals surface area (Å²) in [5, 5.41) is 3.10. The summed E-state index contributed by atoms with van der Waals surface area (Å²) >= 11 is 9.08. The number of carbonyl (C=O) groups is 1. The van der Waals surface area contributed by atoms with E-state index in [0.29, 0.717) is 15.1 Å². The van der Waals surface area contributed by atoms with Gasteiger partial charge in [-0.25, -0.2) is 8.78 Å². The van der Waals surface area contributed by atoms with Crippen molar-refractivity contribution in [2.75, 3.05) is 0 Å². The first-order chi connectivity index (χ1) is 9.88. The number of carbonyl (C=O) groups excluding carboxylic acids is 1. The Morgan fingerprint density at radius 1 is 1.24 bits per heavy atom. The quantitative estimate of drug-likeness (QED) is 0.816. The van der Waals surface area contributed by atoms with Crippen molar-refractivity contribution < 1.29 is 13.6 Å². The molecule has 0 fully saturated rings. The van der Waals surface area contributed by atoms with Crippen LogP contribution in [0.5, 0.6) is 0 Å². The third-order valence-electron chi connectivity index (χ3n) is 2.95. The zero-order chi connectivity index (χ0) is 15.6. The monoisotopic (exact) mass is 373 g/mol. The molecule has 0 aliphatic rings. The predicted octanol–water partition coefficient (Wildman–Crippen LogP) is 4.87. The summed E-state index contributed by atoms with van der Waals surface area (Å²) in [5.41, 5.74) is 0.464. The number of halogens is 4. The fraction of sp³-hybridized carbons (Fsp3) is 0.133. The maximum absolute atomic E-state index is 13.6. The van der Waals surface area contributed by atoms with Gasteiger partial charge in [-0.1, -0.05) is 11.6 Å². The van der Waals surface area contributed by atoms with Crippen molar-refractivity contribution in [2.45, 2.75) is 13.0 Å². The smallest absolute Gasteiger partial charge is 0.251 e. The third-order valence-corrected chi connectivity index (χ3v) is 4.17. The summed E-state index contributed by atoms with van der Waals surface area (Å²) in [5.74, 6) is -1.52. The minimum absolute atomic E-state index is 0.0939. The Balaban J connectivity index is 2.18. The van der Waals surface area contributed by atoms with Crippen molar-refractivity contribution in [1.82, 2.24) is 5.32 Å². The molecule has 1 N–H and O–H groups in total. The van der Waals surface area contributed by atoms with Crippen molar-refractivity contribution in [3.63, 3.8) is 0 Å². The molecule has 110 valence electrons. The van der Waals surface area contributed by atoms with Crippen LogP contribution in [0.25, 0.3) is 0 Å². The molecule has 0 radical (unpaired) electrons. The number of hydrogen-bond acceptors (Lipinski definition) is 1. The van der Waals surface area contributed by atoms with Crippen LogP contribution in [0, 0.1) is 11.6 Å². The second kappa shape index (κ2) is 6.54. The van der Waals surface area contributed by atoms with Crippen LogP contribution in [0.3, 0.4) is 0 Å². The van der Waals surface area contributed by atoms with Gasteiger partial charge < -0.3 is 5.32 Å². The molecule has 2 rings (SSSR count). The van der Waals surface area contributed by atoms with E-state index < -0.39 is 23.6 Å². The Morgan fingerprint density at radius 3 is 2.62 bits per heavy atom. The Labute approximate surface area is 134 Å². The van der Waals surface area contributed by atoms with Crippen LogP contribution in [0.2, 0.25) is 5.02 Å². The number of nitrogens with one attached hydrogen (secondary N) is 1. The second-order valence-corrected chi connectivity index (χ2v) is 5.75. The highest BCUT2D eigenvalue weighted by Gasteiger charge is 2.16. The lowest BCUT2D eigenvalue weighted by Gasteiger charge is -2.15. The van der Waals surface area contributed by atoms with Gasteiger partial charge in [0, 0.05) is 15.6 Å². The van der Waals surface area contributed by atoms with Crippen molar-refractivity contribution in [1.29, 1.82) is 0 Å². The van der Waals surface area contributed by atoms with Crippen LogP contribution < -0.4 is 5.32 Å². The van der Waals surface area contributed by atoms with Gasteiger partial charge in [-0.2, -0.15) is 0 Å². The number of hydrogen-bond donors (Lipinski definition) is 1. The van der Waals surface area contributed by atoms with Gasteiger partial charge in [-0.15, -0.1) is 0 Å². The molecule has 2 aromatic carbocycles. The fourth-order valence-electron chi connectivity index (χ4n) is 1.84. The van der Waals surface area contributed by atoms with Crippen LogP contribution >= 0.6 is 27.5 Å². The van der Waals surface area contributed by atoms with E-state index >= 15 is 0 Å². The Hall–Kier alpha value is -1.46. The van der Waals surface area contributed by atoms with E-state index in [-0.39, 0.29) is 5.56 Å². The molecule has 1 atom stereocenters. The molecule has 0 saturated heterocycles. The van der Waals surface area contributed by atoms with E-state index in [2.05, 4.69) is 21.2 Å². The third kappa shape index (κ3) is 3.80. The molecule has 2 nitrogen and oxygen atoms in total. The average molecular weight is 375 g/mol. The summed E-state index contributed by atoms with van der Waals surface area (Å²) in [4.78, 5) is 12.1. The van der Waals surface area contributed by atoms with Crippen LogP contribution in [-0.4, -0.2) is 5.91 Å². The number of amides is 1. The SMILES string of the molecule is CC(NC(=O)c1ccc(Cl)c(Br)c1)c1cc(F)ccc1F. The van der Waals surface area contributed by atoms with Crippen molar-refractivity contribution in [3.8, 4) is 0 Å². The topological polar surface area (TPSA) is 29.1 Å². The van der Waals surface area contributed by atoms with Gasteiger partial charge in [0.15, 0.2) is 0 Å². The second-order valence-electron chi connectivity index (χ2n) is 4.49. The summed E-state index contributed by atoms with van der Waals surface area (Å²) in [6.45, 7) is 1.58. The highest BCUT2D eigenvalue weighted by Crippen LogP contribution is 2.24. The largest absolute Gasteiger partial charge is 0.345 e. The van der Waals surface area contributed by atoms with E-state index in [1.54, 1.807) is 25.1 Å². The maximum Gasteiger partial charge on any atom is 0.251 e. The molecule has 2 aromatic rings. The normalized spacial score (nSPS) is 12.0. The van der Waals surface area contributed by atoms with E-state index in [0.717, 1.165) is 18.2 Å². The summed E-state index contributed by atoms with van der Waals surface area (Å²) in [7, 11) is 0. The molecule has 6 heteroatoms. The Bertz CT molecular complexity index is 693. The molecule has 1 amide bonds. The lowest BCUT2D eigenvalue weighted by molar-refractivity contribution is 0.0939. The molecular formula is C15H11BrClF2NO. The Kier molecular flexibility index (Phi) is 4.96.